The van der Waals surface area contributed by atoms with Gasteiger partial charge in [0.25, 0.3) is 0 Å². The lowest BCUT2D eigenvalue weighted by Crippen LogP contribution is -2.35. The summed E-state index contributed by atoms with van der Waals surface area (Å²) in [6.45, 7) is 7.69. The summed E-state index contributed by atoms with van der Waals surface area (Å²) in [6, 6.07) is 16.3. The van der Waals surface area contributed by atoms with Crippen LogP contribution in [0, 0.1) is 11.8 Å². The van der Waals surface area contributed by atoms with Crippen molar-refractivity contribution in [3.63, 3.8) is 0 Å². The van der Waals surface area contributed by atoms with Gasteiger partial charge in [-0.1, -0.05) is 24.0 Å². The fourth-order valence-electron chi connectivity index (χ4n) is 5.05. The maximum Gasteiger partial charge on any atom is 0.247 e. The van der Waals surface area contributed by atoms with E-state index in [0.717, 1.165) is 81.2 Å². The highest BCUT2D eigenvalue weighted by Crippen LogP contribution is 2.24. The number of aromatic nitrogens is 4. The van der Waals surface area contributed by atoms with Crippen LogP contribution in [-0.2, 0) is 27.3 Å². The Morgan fingerprint density at radius 2 is 1.68 bits per heavy atom. The van der Waals surface area contributed by atoms with Crippen LogP contribution in [0.25, 0.3) is 11.5 Å². The van der Waals surface area contributed by atoms with Crippen LogP contribution in [0.3, 0.4) is 0 Å². The summed E-state index contributed by atoms with van der Waals surface area (Å²) in [5, 5.41) is 8.52. The predicted molar refractivity (Wildman–Crippen MR) is 153 cm³/mol. The number of rotatable bonds is 8. The predicted octanol–water partition coefficient (Wildman–Crippen LogP) is 4.82. The first-order valence-corrected chi connectivity index (χ1v) is 14.3. The minimum absolute atomic E-state index is 0.183. The molecule has 0 bridgehead atoms. The van der Waals surface area contributed by atoms with E-state index in [1.165, 1.54) is 5.56 Å². The largest absolute Gasteiger partial charge is 0.419 e. The maximum atomic E-state index is 6.09. The molecule has 0 amide bonds. The van der Waals surface area contributed by atoms with Crippen LogP contribution in [0.4, 0.5) is 0 Å². The second-order valence-corrected chi connectivity index (χ2v) is 10.4. The number of imidazole rings is 1. The van der Waals surface area contributed by atoms with Gasteiger partial charge in [0.2, 0.25) is 11.8 Å². The molecule has 2 aliphatic rings. The molecule has 6 rings (SSSR count). The zero-order valence-corrected chi connectivity index (χ0v) is 23.4. The molecule has 2 aromatic carbocycles. The van der Waals surface area contributed by atoms with Crippen molar-refractivity contribution in [1.82, 2.24) is 24.6 Å². The Kier molecular flexibility index (Phi) is 8.83. The fraction of sp³-hybridized carbons (Fsp3) is 0.406. The van der Waals surface area contributed by atoms with Gasteiger partial charge >= 0.3 is 0 Å². The van der Waals surface area contributed by atoms with Crippen LogP contribution in [-0.4, -0.2) is 63.8 Å². The van der Waals surface area contributed by atoms with Gasteiger partial charge in [0.05, 0.1) is 13.2 Å². The van der Waals surface area contributed by atoms with Gasteiger partial charge in [-0.15, -0.1) is 10.2 Å². The van der Waals surface area contributed by atoms with Crippen molar-refractivity contribution in [2.45, 2.75) is 51.7 Å². The maximum absolute atomic E-state index is 6.09. The molecule has 1 unspecified atom stereocenters. The second-order valence-electron chi connectivity index (χ2n) is 10.4. The first-order chi connectivity index (χ1) is 20.2. The SMILES string of the molecule is C[C@H](OC1CCCCO1)c1nccn1Cc1nnc(-c2ccc(C#Cc3ccc(CN4CCOCC4)cc3)cc2)o1. The Bertz CT molecular complexity index is 1460. The molecule has 2 atom stereocenters. The quantitative estimate of drug-likeness (QED) is 0.287. The van der Waals surface area contributed by atoms with Crippen LogP contribution in [0.5, 0.6) is 0 Å². The molecule has 41 heavy (non-hydrogen) atoms. The molecule has 2 aromatic heterocycles. The Balaban J connectivity index is 1.05. The van der Waals surface area contributed by atoms with Crippen LogP contribution >= 0.6 is 0 Å². The van der Waals surface area contributed by atoms with E-state index in [-0.39, 0.29) is 12.4 Å². The van der Waals surface area contributed by atoms with Gasteiger partial charge in [0, 0.05) is 55.3 Å². The Hall–Kier alpha value is -3.81. The molecule has 9 nitrogen and oxygen atoms in total. The van der Waals surface area contributed by atoms with Crippen molar-refractivity contribution in [3.05, 3.63) is 89.3 Å². The molecule has 0 spiro atoms. The van der Waals surface area contributed by atoms with E-state index >= 15 is 0 Å². The van der Waals surface area contributed by atoms with E-state index in [2.05, 4.69) is 56.2 Å². The molecule has 212 valence electrons. The van der Waals surface area contributed by atoms with Gasteiger partial charge in [-0.2, -0.15) is 0 Å². The summed E-state index contributed by atoms with van der Waals surface area (Å²) >= 11 is 0. The van der Waals surface area contributed by atoms with Crippen LogP contribution in [0.1, 0.15) is 60.7 Å². The third kappa shape index (κ3) is 7.29. The summed E-state index contributed by atoms with van der Waals surface area (Å²) in [4.78, 5) is 6.91. The average molecular weight is 554 g/mol. The standard InChI is InChI=1S/C32H35N5O4/c1-24(40-30-4-2-3-19-39-30)31-33-15-16-37(31)23-29-34-35-32(41-29)28-13-11-26(12-14-28)6-5-25-7-9-27(10-8-25)22-36-17-20-38-21-18-36/h7-16,24,30H,2-4,17-23H2,1H3/t24-,30?/m0/s1. The van der Waals surface area contributed by atoms with Crippen molar-refractivity contribution >= 4 is 0 Å². The minimum Gasteiger partial charge on any atom is -0.419 e. The topological polar surface area (TPSA) is 87.7 Å². The number of nitrogens with zero attached hydrogens (tertiary/aromatic N) is 5. The first-order valence-electron chi connectivity index (χ1n) is 14.3. The smallest absolute Gasteiger partial charge is 0.247 e. The highest BCUT2D eigenvalue weighted by atomic mass is 16.7. The molecule has 2 saturated heterocycles. The number of benzene rings is 2. The van der Waals surface area contributed by atoms with Crippen LogP contribution in [0.2, 0.25) is 0 Å². The summed E-state index contributed by atoms with van der Waals surface area (Å²) in [5.74, 6) is 8.27. The lowest BCUT2D eigenvalue weighted by Gasteiger charge is -2.26. The lowest BCUT2D eigenvalue weighted by molar-refractivity contribution is -0.188. The summed E-state index contributed by atoms with van der Waals surface area (Å²) < 4.78 is 25.2. The average Bonchev–Trinajstić information content (AvgIpc) is 3.68. The third-order valence-corrected chi connectivity index (χ3v) is 7.32. The molecule has 0 saturated carbocycles. The zero-order chi connectivity index (χ0) is 27.9. The van der Waals surface area contributed by atoms with Crippen molar-refractivity contribution in [2.75, 3.05) is 32.9 Å². The summed E-state index contributed by atoms with van der Waals surface area (Å²) in [5.41, 5.74) is 4.05. The third-order valence-electron chi connectivity index (χ3n) is 7.32. The first kappa shape index (κ1) is 27.4. The Labute approximate surface area is 240 Å². The molecule has 4 heterocycles. The molecule has 0 radical (unpaired) electrons. The molecule has 9 heteroatoms. The fourth-order valence-corrected chi connectivity index (χ4v) is 5.05. The molecule has 4 aromatic rings. The number of hydrogen-bond donors (Lipinski definition) is 0. The molecule has 0 aliphatic carbocycles. The molecule has 2 aliphatic heterocycles. The van der Waals surface area contributed by atoms with E-state index in [4.69, 9.17) is 18.6 Å². The van der Waals surface area contributed by atoms with E-state index in [1.807, 2.05) is 42.0 Å². The number of morpholine rings is 1. The highest BCUT2D eigenvalue weighted by molar-refractivity contribution is 5.55. The van der Waals surface area contributed by atoms with E-state index < -0.39 is 0 Å². The lowest BCUT2D eigenvalue weighted by atomic mass is 10.1. The van der Waals surface area contributed by atoms with E-state index in [1.54, 1.807) is 6.20 Å². The highest BCUT2D eigenvalue weighted by Gasteiger charge is 2.22. The Morgan fingerprint density at radius 3 is 2.41 bits per heavy atom. The van der Waals surface area contributed by atoms with Crippen molar-refractivity contribution in [3.8, 4) is 23.3 Å². The van der Waals surface area contributed by atoms with Crippen molar-refractivity contribution in [1.29, 1.82) is 0 Å². The van der Waals surface area contributed by atoms with Gasteiger partial charge in [-0.05, 0) is 68.1 Å². The van der Waals surface area contributed by atoms with Crippen molar-refractivity contribution in [2.24, 2.45) is 0 Å². The summed E-state index contributed by atoms with van der Waals surface area (Å²) in [7, 11) is 0. The minimum atomic E-state index is -0.211. The van der Waals surface area contributed by atoms with Gasteiger partial charge in [-0.3, -0.25) is 4.90 Å². The van der Waals surface area contributed by atoms with Crippen LogP contribution < -0.4 is 0 Å². The van der Waals surface area contributed by atoms with Gasteiger partial charge in [0.1, 0.15) is 18.5 Å². The van der Waals surface area contributed by atoms with Crippen molar-refractivity contribution < 1.29 is 18.6 Å². The van der Waals surface area contributed by atoms with Gasteiger partial charge in [0.15, 0.2) is 6.29 Å². The second kappa shape index (κ2) is 13.2. The molecule has 0 N–H and O–H groups in total. The molecular weight excluding hydrogens is 518 g/mol. The molecular formula is C32H35N5O4. The van der Waals surface area contributed by atoms with Gasteiger partial charge in [-0.25, -0.2) is 4.98 Å². The normalized spacial score (nSPS) is 18.5. The van der Waals surface area contributed by atoms with E-state index in [9.17, 15) is 0 Å². The van der Waals surface area contributed by atoms with Crippen LogP contribution in [0.15, 0.2) is 65.3 Å². The zero-order valence-electron chi connectivity index (χ0n) is 23.4. The number of hydrogen-bond acceptors (Lipinski definition) is 8. The van der Waals surface area contributed by atoms with E-state index in [0.29, 0.717) is 18.3 Å². The molecule has 2 fully saturated rings. The number of ether oxygens (including phenoxy) is 3. The monoisotopic (exact) mass is 553 g/mol. The van der Waals surface area contributed by atoms with Gasteiger partial charge < -0.3 is 23.2 Å². The Morgan fingerprint density at radius 1 is 0.927 bits per heavy atom. The summed E-state index contributed by atoms with van der Waals surface area (Å²) in [6.07, 6.45) is 6.37.